The summed E-state index contributed by atoms with van der Waals surface area (Å²) in [6.07, 6.45) is 8.71. The number of hydrogen-bond donors (Lipinski definition) is 1. The number of ether oxygens (including phenoxy) is 1. The summed E-state index contributed by atoms with van der Waals surface area (Å²) in [5.41, 5.74) is 1.61. The third-order valence-electron chi connectivity index (χ3n) is 2.93. The van der Waals surface area contributed by atoms with Crippen LogP contribution in [0.25, 0.3) is 0 Å². The van der Waals surface area contributed by atoms with Crippen molar-refractivity contribution in [3.63, 3.8) is 0 Å². The highest BCUT2D eigenvalue weighted by molar-refractivity contribution is 5.11. The van der Waals surface area contributed by atoms with E-state index in [0.29, 0.717) is 5.92 Å². The van der Waals surface area contributed by atoms with Crippen molar-refractivity contribution in [2.75, 3.05) is 6.54 Å². The van der Waals surface area contributed by atoms with Gasteiger partial charge in [0.05, 0.1) is 6.26 Å². The first-order valence-corrected chi connectivity index (χ1v) is 6.64. The second-order valence-corrected chi connectivity index (χ2v) is 6.12. The Morgan fingerprint density at radius 3 is 2.65 bits per heavy atom. The van der Waals surface area contributed by atoms with Crippen molar-refractivity contribution in [3.05, 3.63) is 24.0 Å². The Bertz CT molecular complexity index is 284. The van der Waals surface area contributed by atoms with E-state index in [1.54, 1.807) is 0 Å². The largest absolute Gasteiger partial charge is 0.494 e. The van der Waals surface area contributed by atoms with E-state index in [4.69, 9.17) is 4.74 Å². The van der Waals surface area contributed by atoms with Crippen LogP contribution in [0.2, 0.25) is 0 Å². The molecule has 0 bridgehead atoms. The first-order valence-electron chi connectivity index (χ1n) is 6.64. The second kappa shape index (κ2) is 6.25. The average molecular weight is 237 g/mol. The van der Waals surface area contributed by atoms with Crippen LogP contribution in [-0.2, 0) is 4.74 Å². The molecule has 0 aromatic heterocycles. The molecule has 0 aromatic rings. The van der Waals surface area contributed by atoms with Crippen molar-refractivity contribution in [2.24, 2.45) is 5.92 Å². The summed E-state index contributed by atoms with van der Waals surface area (Å²) in [5.74, 6) is 0.569. The van der Waals surface area contributed by atoms with Gasteiger partial charge < -0.3 is 10.1 Å². The minimum Gasteiger partial charge on any atom is -0.494 e. The fraction of sp³-hybridized carbons (Fsp3) is 0.733. The van der Waals surface area contributed by atoms with Crippen LogP contribution < -0.4 is 5.32 Å². The highest BCUT2D eigenvalue weighted by atomic mass is 16.5. The molecule has 1 heterocycles. The summed E-state index contributed by atoms with van der Waals surface area (Å²) in [6.45, 7) is 12.0. The van der Waals surface area contributed by atoms with Gasteiger partial charge in [-0.15, -0.1) is 0 Å². The van der Waals surface area contributed by atoms with Gasteiger partial charge in [-0.25, -0.2) is 0 Å². The number of rotatable bonds is 4. The van der Waals surface area contributed by atoms with E-state index in [1.807, 2.05) is 6.26 Å². The van der Waals surface area contributed by atoms with Crippen molar-refractivity contribution < 1.29 is 4.74 Å². The van der Waals surface area contributed by atoms with E-state index >= 15 is 0 Å². The van der Waals surface area contributed by atoms with Crippen LogP contribution in [0.3, 0.4) is 0 Å². The Hall–Kier alpha value is -0.760. The van der Waals surface area contributed by atoms with E-state index < -0.39 is 0 Å². The summed E-state index contributed by atoms with van der Waals surface area (Å²) >= 11 is 0. The van der Waals surface area contributed by atoms with Crippen molar-refractivity contribution in [1.29, 1.82) is 0 Å². The predicted molar refractivity (Wildman–Crippen MR) is 73.9 cm³/mol. The molecule has 1 aliphatic heterocycles. The van der Waals surface area contributed by atoms with Gasteiger partial charge in [0.1, 0.15) is 6.10 Å². The molecule has 2 nitrogen and oxygen atoms in total. The lowest BCUT2D eigenvalue weighted by molar-refractivity contribution is 0.163. The maximum absolute atomic E-state index is 5.61. The highest BCUT2D eigenvalue weighted by Crippen LogP contribution is 2.17. The minimum atomic E-state index is 0.168. The van der Waals surface area contributed by atoms with E-state index in [1.165, 1.54) is 5.57 Å². The molecule has 0 aromatic carbocycles. The quantitative estimate of drug-likeness (QED) is 0.754. The molecule has 2 heteroatoms. The smallest absolute Gasteiger partial charge is 0.117 e. The monoisotopic (exact) mass is 237 g/mol. The van der Waals surface area contributed by atoms with Crippen molar-refractivity contribution in [3.8, 4) is 0 Å². The molecule has 0 saturated carbocycles. The summed E-state index contributed by atoms with van der Waals surface area (Å²) in [4.78, 5) is 0. The van der Waals surface area contributed by atoms with E-state index in [-0.39, 0.29) is 11.6 Å². The van der Waals surface area contributed by atoms with Gasteiger partial charge in [-0.1, -0.05) is 19.4 Å². The second-order valence-electron chi connectivity index (χ2n) is 6.12. The Morgan fingerprint density at radius 2 is 2.18 bits per heavy atom. The number of allylic oxidation sites excluding steroid dienone is 1. The Labute approximate surface area is 106 Å². The SMILES string of the molecule is CC(C)C(=CC1CCC=CO1)CNC(C)(C)C. The van der Waals surface area contributed by atoms with Crippen LogP contribution in [0.1, 0.15) is 47.5 Å². The first-order chi connectivity index (χ1) is 7.88. The molecule has 17 heavy (non-hydrogen) atoms. The maximum atomic E-state index is 5.61. The van der Waals surface area contributed by atoms with Crippen LogP contribution in [0.15, 0.2) is 24.0 Å². The molecule has 0 spiro atoms. The molecule has 0 aliphatic carbocycles. The van der Waals surface area contributed by atoms with E-state index in [2.05, 4.69) is 52.1 Å². The number of nitrogens with one attached hydrogen (secondary N) is 1. The van der Waals surface area contributed by atoms with Crippen LogP contribution in [0.4, 0.5) is 0 Å². The molecule has 1 unspecified atom stereocenters. The molecule has 0 saturated heterocycles. The van der Waals surface area contributed by atoms with Crippen LogP contribution in [0, 0.1) is 5.92 Å². The zero-order valence-corrected chi connectivity index (χ0v) is 11.9. The van der Waals surface area contributed by atoms with Gasteiger partial charge in [0.25, 0.3) is 0 Å². The first kappa shape index (κ1) is 14.3. The molecule has 0 fully saturated rings. The summed E-state index contributed by atoms with van der Waals surface area (Å²) in [6, 6.07) is 0. The lowest BCUT2D eigenvalue weighted by Crippen LogP contribution is -2.37. The maximum Gasteiger partial charge on any atom is 0.117 e. The predicted octanol–water partition coefficient (Wildman–Crippen LogP) is 3.65. The average Bonchev–Trinajstić information content (AvgIpc) is 2.24. The third kappa shape index (κ3) is 5.92. The fourth-order valence-electron chi connectivity index (χ4n) is 1.74. The lowest BCUT2D eigenvalue weighted by Gasteiger charge is -2.25. The topological polar surface area (TPSA) is 21.3 Å². The van der Waals surface area contributed by atoms with Gasteiger partial charge in [-0.2, -0.15) is 0 Å². The van der Waals surface area contributed by atoms with E-state index in [9.17, 15) is 0 Å². The van der Waals surface area contributed by atoms with Crippen LogP contribution in [0.5, 0.6) is 0 Å². The van der Waals surface area contributed by atoms with Gasteiger partial charge in [0, 0.05) is 12.1 Å². The number of hydrogen-bond acceptors (Lipinski definition) is 2. The third-order valence-corrected chi connectivity index (χ3v) is 2.93. The fourth-order valence-corrected chi connectivity index (χ4v) is 1.74. The molecule has 0 amide bonds. The normalized spacial score (nSPS) is 21.8. The summed E-state index contributed by atoms with van der Waals surface area (Å²) < 4.78 is 5.61. The van der Waals surface area contributed by atoms with Crippen LogP contribution in [-0.4, -0.2) is 18.2 Å². The summed E-state index contributed by atoms with van der Waals surface area (Å²) in [5, 5.41) is 3.55. The lowest BCUT2D eigenvalue weighted by atomic mass is 9.98. The van der Waals surface area contributed by atoms with Crippen molar-refractivity contribution in [1.82, 2.24) is 5.32 Å². The Kier molecular flexibility index (Phi) is 5.26. The molecular weight excluding hydrogens is 210 g/mol. The Morgan fingerprint density at radius 1 is 1.47 bits per heavy atom. The molecule has 98 valence electrons. The molecule has 0 radical (unpaired) electrons. The van der Waals surface area contributed by atoms with Gasteiger partial charge >= 0.3 is 0 Å². The molecule has 1 N–H and O–H groups in total. The molecule has 1 aliphatic rings. The van der Waals surface area contributed by atoms with Gasteiger partial charge in [-0.05, 0) is 51.7 Å². The zero-order valence-electron chi connectivity index (χ0n) is 11.9. The summed E-state index contributed by atoms with van der Waals surface area (Å²) in [7, 11) is 0. The Balaban J connectivity index is 2.58. The van der Waals surface area contributed by atoms with Crippen molar-refractivity contribution in [2.45, 2.75) is 59.1 Å². The van der Waals surface area contributed by atoms with E-state index in [0.717, 1.165) is 19.4 Å². The van der Waals surface area contributed by atoms with Crippen molar-refractivity contribution >= 4 is 0 Å². The molecule has 1 atom stereocenters. The molecular formula is C15H27NO. The zero-order chi connectivity index (χ0) is 12.9. The van der Waals surface area contributed by atoms with Crippen LogP contribution >= 0.6 is 0 Å². The highest BCUT2D eigenvalue weighted by Gasteiger charge is 2.14. The van der Waals surface area contributed by atoms with Gasteiger partial charge in [0.2, 0.25) is 0 Å². The van der Waals surface area contributed by atoms with Gasteiger partial charge in [-0.3, -0.25) is 0 Å². The standard InChI is InChI=1S/C15H27NO/c1-12(2)13(11-16-15(3,4)5)10-14-8-6-7-9-17-14/h7,9-10,12,14,16H,6,8,11H2,1-5H3. The van der Waals surface area contributed by atoms with Gasteiger partial charge in [0.15, 0.2) is 0 Å². The molecule has 1 rings (SSSR count). The minimum absolute atomic E-state index is 0.168.